The number of aromatic amines is 1. The predicted octanol–water partition coefficient (Wildman–Crippen LogP) is 18.5. The largest absolute Gasteiger partial charge is 0.354 e. The molecule has 0 unspecified atom stereocenters. The molecule has 15 rings (SSSR count). The van der Waals surface area contributed by atoms with Gasteiger partial charge in [-0.25, -0.2) is 0 Å². The number of aromatic nitrogens is 3. The second-order valence-corrected chi connectivity index (χ2v) is 21.9. The molecular weight excluding hydrogens is 849 g/mol. The van der Waals surface area contributed by atoms with Gasteiger partial charge in [0.05, 0.1) is 38.6 Å². The monoisotopic (exact) mass is 898 g/mol. The number of nitrogens with zero attached hydrogens (tertiary/aromatic N) is 3. The van der Waals surface area contributed by atoms with Gasteiger partial charge in [-0.3, -0.25) is 0 Å². The normalized spacial score (nSPS) is 13.0. The molecular formula is C66H50N4. The van der Waals surface area contributed by atoms with Crippen LogP contribution >= 0.6 is 0 Å². The van der Waals surface area contributed by atoms with E-state index in [0.29, 0.717) is 0 Å². The summed E-state index contributed by atoms with van der Waals surface area (Å²) in [6, 6.07) is 71.3. The van der Waals surface area contributed by atoms with E-state index in [1.54, 1.807) is 0 Å². The van der Waals surface area contributed by atoms with Crippen LogP contribution in [0.25, 0.3) is 120 Å². The van der Waals surface area contributed by atoms with Crippen molar-refractivity contribution >= 4 is 126 Å². The van der Waals surface area contributed by atoms with Crippen molar-refractivity contribution in [2.24, 2.45) is 0 Å². The van der Waals surface area contributed by atoms with Crippen LogP contribution in [-0.2, 0) is 10.8 Å². The molecule has 0 aliphatic rings. The molecule has 5 aromatic heterocycles. The second-order valence-electron chi connectivity index (χ2n) is 21.9. The van der Waals surface area contributed by atoms with Crippen LogP contribution in [0, 0.1) is 0 Å². The van der Waals surface area contributed by atoms with Crippen LogP contribution in [0.5, 0.6) is 0 Å². The number of anilines is 3. The molecule has 0 radical (unpaired) electrons. The van der Waals surface area contributed by atoms with E-state index >= 15 is 0 Å². The van der Waals surface area contributed by atoms with E-state index in [0.717, 1.165) is 22.6 Å². The first-order valence-corrected chi connectivity index (χ1v) is 24.8. The number of para-hydroxylation sites is 4. The van der Waals surface area contributed by atoms with Crippen molar-refractivity contribution in [3.8, 4) is 11.1 Å². The summed E-state index contributed by atoms with van der Waals surface area (Å²) in [5.74, 6) is 0. The van der Waals surface area contributed by atoms with Gasteiger partial charge in [0.25, 0.3) is 0 Å². The van der Waals surface area contributed by atoms with Crippen molar-refractivity contribution in [1.82, 2.24) is 13.8 Å². The van der Waals surface area contributed by atoms with E-state index in [1.807, 2.05) is 0 Å². The van der Waals surface area contributed by atoms with Crippen LogP contribution in [0.4, 0.5) is 17.1 Å². The molecule has 0 spiro atoms. The van der Waals surface area contributed by atoms with Gasteiger partial charge in [0.2, 0.25) is 0 Å². The Hall–Kier alpha value is -8.34. The number of hydrogen-bond donors (Lipinski definition) is 1. The number of H-pyrrole nitrogens is 1. The lowest BCUT2D eigenvalue weighted by molar-refractivity contribution is 0.590. The highest BCUT2D eigenvalue weighted by molar-refractivity contribution is 6.25. The van der Waals surface area contributed by atoms with Gasteiger partial charge in [0.15, 0.2) is 0 Å². The number of fused-ring (bicyclic) bond motifs is 16. The highest BCUT2D eigenvalue weighted by Crippen LogP contribution is 2.48. The van der Waals surface area contributed by atoms with Crippen molar-refractivity contribution < 1.29 is 0 Å². The van der Waals surface area contributed by atoms with E-state index in [9.17, 15) is 0 Å². The molecule has 1 N–H and O–H groups in total. The Kier molecular flexibility index (Phi) is 7.74. The molecule has 0 saturated heterocycles. The molecule has 0 fully saturated rings. The van der Waals surface area contributed by atoms with Gasteiger partial charge in [0, 0.05) is 82.0 Å². The van der Waals surface area contributed by atoms with Crippen LogP contribution in [0.15, 0.2) is 188 Å². The van der Waals surface area contributed by atoms with Gasteiger partial charge < -0.3 is 18.7 Å². The van der Waals surface area contributed by atoms with E-state index in [1.165, 1.54) is 126 Å². The topological polar surface area (TPSA) is 27.9 Å². The predicted molar refractivity (Wildman–Crippen MR) is 300 cm³/mol. The van der Waals surface area contributed by atoms with Gasteiger partial charge in [-0.15, -0.1) is 0 Å². The lowest BCUT2D eigenvalue weighted by atomic mass is 9.83. The minimum Gasteiger partial charge on any atom is -0.354 e. The third-order valence-corrected chi connectivity index (χ3v) is 15.8. The zero-order valence-electron chi connectivity index (χ0n) is 40.2. The maximum absolute atomic E-state index is 3.97. The van der Waals surface area contributed by atoms with Gasteiger partial charge in [-0.05, 0) is 123 Å². The fourth-order valence-electron chi connectivity index (χ4n) is 12.3. The molecule has 5 heterocycles. The SMILES string of the molecule is CC(C)(C)c1ccc2[nH]c3c(-c4cc(N(c5ccc6c(c5)c5cccc7c8ccccc8n6c75)c5ccc6c(c5)c5cccc7c8ccccc8n6c75)cc5ccccc45)cc(C(C)(C)C)cc3c2c1. The average molecular weight is 899 g/mol. The second kappa shape index (κ2) is 13.7. The number of rotatable bonds is 4. The number of nitrogens with one attached hydrogen (secondary N) is 1. The molecule has 0 bridgehead atoms. The standard InChI is InChI=1S/C66H50N4/c1-65(2,3)39-25-28-57-52(32-39)56-34-40(66(4,5)6)33-55(62(56)67-57)51-37-43(31-38-15-7-8-16-44(38)51)68(41-26-29-60-53(35-41)49-21-13-19-47-45-17-9-11-23-58(45)69(60)63(47)49)42-27-30-61-54(36-42)50-22-14-20-48-46-18-10-12-24-59(46)70(61)64(48)50/h7-37,67H,1-6H3. The van der Waals surface area contributed by atoms with Crippen molar-refractivity contribution in [3.63, 3.8) is 0 Å². The van der Waals surface area contributed by atoms with Gasteiger partial charge in [0.1, 0.15) is 0 Å². The molecule has 0 atom stereocenters. The summed E-state index contributed by atoms with van der Waals surface area (Å²) in [5.41, 5.74) is 18.2. The molecule has 70 heavy (non-hydrogen) atoms. The molecule has 10 aromatic carbocycles. The summed E-state index contributed by atoms with van der Waals surface area (Å²) >= 11 is 0. The van der Waals surface area contributed by atoms with Gasteiger partial charge in [-0.1, -0.05) is 145 Å². The Balaban J connectivity index is 1.03. The van der Waals surface area contributed by atoms with E-state index in [2.05, 4.69) is 248 Å². The van der Waals surface area contributed by atoms with E-state index in [-0.39, 0.29) is 10.8 Å². The lowest BCUT2D eigenvalue weighted by Gasteiger charge is -2.27. The van der Waals surface area contributed by atoms with Crippen molar-refractivity contribution in [2.45, 2.75) is 52.4 Å². The maximum Gasteiger partial charge on any atom is 0.0620 e. The zero-order valence-corrected chi connectivity index (χ0v) is 40.2. The van der Waals surface area contributed by atoms with Crippen molar-refractivity contribution in [1.29, 1.82) is 0 Å². The molecule has 0 amide bonds. The Bertz CT molecular complexity index is 4490. The summed E-state index contributed by atoms with van der Waals surface area (Å²) in [4.78, 5) is 6.49. The minimum absolute atomic E-state index is 0.0274. The van der Waals surface area contributed by atoms with E-state index < -0.39 is 0 Å². The summed E-state index contributed by atoms with van der Waals surface area (Å²) in [6.07, 6.45) is 0. The minimum atomic E-state index is -0.0806. The van der Waals surface area contributed by atoms with E-state index in [4.69, 9.17) is 0 Å². The van der Waals surface area contributed by atoms with Crippen LogP contribution in [0.2, 0.25) is 0 Å². The van der Waals surface area contributed by atoms with Crippen LogP contribution in [0.3, 0.4) is 0 Å². The Morgan fingerprint density at radius 2 is 0.843 bits per heavy atom. The molecule has 0 aliphatic heterocycles. The van der Waals surface area contributed by atoms with Gasteiger partial charge in [-0.2, -0.15) is 0 Å². The zero-order chi connectivity index (χ0) is 46.9. The molecule has 15 aromatic rings. The Morgan fingerprint density at radius 3 is 1.43 bits per heavy atom. The van der Waals surface area contributed by atoms with Crippen molar-refractivity contribution in [3.05, 3.63) is 199 Å². The summed E-state index contributed by atoms with van der Waals surface area (Å²) < 4.78 is 4.95. The third kappa shape index (κ3) is 5.36. The maximum atomic E-state index is 3.97. The average Bonchev–Trinajstić information content (AvgIpc) is 4.17. The van der Waals surface area contributed by atoms with Crippen LogP contribution < -0.4 is 4.90 Å². The third-order valence-electron chi connectivity index (χ3n) is 15.8. The Labute approximate surface area is 405 Å². The lowest BCUT2D eigenvalue weighted by Crippen LogP contribution is -2.12. The first-order chi connectivity index (χ1) is 34.0. The van der Waals surface area contributed by atoms with Gasteiger partial charge >= 0.3 is 0 Å². The summed E-state index contributed by atoms with van der Waals surface area (Å²) in [7, 11) is 0. The molecule has 0 aliphatic carbocycles. The fraction of sp³-hybridized carbons (Fsp3) is 0.121. The highest BCUT2D eigenvalue weighted by Gasteiger charge is 2.26. The highest BCUT2D eigenvalue weighted by atomic mass is 15.1. The fourth-order valence-corrected chi connectivity index (χ4v) is 12.3. The molecule has 0 saturated carbocycles. The van der Waals surface area contributed by atoms with Crippen LogP contribution in [-0.4, -0.2) is 13.8 Å². The molecule has 4 nitrogen and oxygen atoms in total. The quantitative estimate of drug-likeness (QED) is 0.187. The number of benzene rings is 10. The van der Waals surface area contributed by atoms with Crippen molar-refractivity contribution in [2.75, 3.05) is 4.90 Å². The molecule has 4 heteroatoms. The Morgan fingerprint density at radius 1 is 0.343 bits per heavy atom. The first-order valence-electron chi connectivity index (χ1n) is 24.8. The smallest absolute Gasteiger partial charge is 0.0620 e. The number of hydrogen-bond acceptors (Lipinski definition) is 1. The summed E-state index contributed by atoms with van der Waals surface area (Å²) in [5, 5.41) is 15.2. The first kappa shape index (κ1) is 39.6. The summed E-state index contributed by atoms with van der Waals surface area (Å²) in [6.45, 7) is 13.9. The molecule has 334 valence electrons. The van der Waals surface area contributed by atoms with Crippen LogP contribution in [0.1, 0.15) is 52.7 Å².